The van der Waals surface area contributed by atoms with Gasteiger partial charge in [0.25, 0.3) is 0 Å². The van der Waals surface area contributed by atoms with E-state index >= 15 is 0 Å². The average molecular weight is 393 g/mol. The fourth-order valence-corrected chi connectivity index (χ4v) is 3.03. The first kappa shape index (κ1) is 19.4. The molecular weight excluding hydrogens is 378 g/mol. The van der Waals surface area contributed by atoms with Crippen LogP contribution in [0.1, 0.15) is 17.2 Å². The number of carbonyl (C=O) groups excluding carboxylic acids is 2. The second-order valence-electron chi connectivity index (χ2n) is 6.13. The molecule has 0 aromatic heterocycles. The zero-order valence-corrected chi connectivity index (χ0v) is 14.3. The normalized spacial score (nSPS) is 19.6. The Morgan fingerprint density at radius 2 is 1.71 bits per heavy atom. The van der Waals surface area contributed by atoms with Crippen molar-refractivity contribution in [2.45, 2.75) is 12.2 Å². The molecule has 2 atom stereocenters. The maximum Gasteiger partial charge on any atom is 0.418 e. The van der Waals surface area contributed by atoms with Gasteiger partial charge in [-0.1, -0.05) is 36.9 Å². The van der Waals surface area contributed by atoms with Crippen LogP contribution in [0.25, 0.3) is 0 Å². The van der Waals surface area contributed by atoms with Crippen molar-refractivity contribution in [3.8, 4) is 0 Å². The van der Waals surface area contributed by atoms with Crippen LogP contribution < -0.4 is 16.0 Å². The van der Waals surface area contributed by atoms with Crippen molar-refractivity contribution in [3.63, 3.8) is 0 Å². The quantitative estimate of drug-likeness (QED) is 0.691. The summed E-state index contributed by atoms with van der Waals surface area (Å²) in [6.45, 7) is 3.61. The smallest absolute Gasteiger partial charge is 0.330 e. The van der Waals surface area contributed by atoms with E-state index in [2.05, 4.69) is 22.5 Å². The number of nitrogens with one attached hydrogen (secondary N) is 3. The molecule has 1 fully saturated rings. The highest BCUT2D eigenvalue weighted by Crippen LogP contribution is 2.36. The second-order valence-corrected chi connectivity index (χ2v) is 6.13. The van der Waals surface area contributed by atoms with E-state index in [1.54, 1.807) is 0 Å². The summed E-state index contributed by atoms with van der Waals surface area (Å²) < 4.78 is 53.8. The number of hydrogen-bond acceptors (Lipinski definition) is 2. The zero-order chi connectivity index (χ0) is 20.5. The highest BCUT2D eigenvalue weighted by atomic mass is 19.4. The Morgan fingerprint density at radius 1 is 1.07 bits per heavy atom. The van der Waals surface area contributed by atoms with E-state index in [9.17, 15) is 27.2 Å². The standard InChI is InChI=1S/C19H15F4N3O2/c1-10-15(16(26-18(28)24-10)11-6-2-4-8-13(11)20)17(27)25-14-9-5-3-7-12(14)19(21,22)23/h2-9,15-16H,1H2,(H,25,27)(H2,24,26,28)/t15-,16-/m0/s1. The molecule has 1 aliphatic rings. The number of amides is 3. The number of hydrogen-bond donors (Lipinski definition) is 3. The van der Waals surface area contributed by atoms with Crippen molar-refractivity contribution in [1.82, 2.24) is 10.6 Å². The molecule has 3 amide bonds. The number of urea groups is 1. The predicted octanol–water partition coefficient (Wildman–Crippen LogP) is 3.97. The molecule has 3 rings (SSSR count). The van der Waals surface area contributed by atoms with Crippen molar-refractivity contribution >= 4 is 17.6 Å². The Morgan fingerprint density at radius 3 is 2.39 bits per heavy atom. The number of para-hydroxylation sites is 1. The lowest BCUT2D eigenvalue weighted by Crippen LogP contribution is -2.52. The van der Waals surface area contributed by atoms with E-state index in [0.29, 0.717) is 0 Å². The first-order valence-electron chi connectivity index (χ1n) is 8.16. The van der Waals surface area contributed by atoms with Gasteiger partial charge in [-0.3, -0.25) is 4.79 Å². The van der Waals surface area contributed by atoms with E-state index in [1.807, 2.05) is 0 Å². The Hall–Kier alpha value is -3.36. The van der Waals surface area contributed by atoms with Crippen LogP contribution >= 0.6 is 0 Å². The molecule has 146 valence electrons. The molecule has 5 nitrogen and oxygen atoms in total. The fourth-order valence-electron chi connectivity index (χ4n) is 3.03. The molecule has 1 heterocycles. The first-order chi connectivity index (χ1) is 13.2. The Balaban J connectivity index is 1.96. The lowest BCUT2D eigenvalue weighted by molar-refractivity contribution is -0.137. The van der Waals surface area contributed by atoms with Crippen molar-refractivity contribution in [2.75, 3.05) is 5.32 Å². The predicted molar refractivity (Wildman–Crippen MR) is 93.5 cm³/mol. The van der Waals surface area contributed by atoms with Crippen molar-refractivity contribution in [1.29, 1.82) is 0 Å². The number of carbonyl (C=O) groups is 2. The van der Waals surface area contributed by atoms with Crippen LogP contribution in [-0.2, 0) is 11.0 Å². The number of benzene rings is 2. The van der Waals surface area contributed by atoms with Crippen LogP contribution in [0.5, 0.6) is 0 Å². The molecule has 0 bridgehead atoms. The topological polar surface area (TPSA) is 70.2 Å². The summed E-state index contributed by atoms with van der Waals surface area (Å²) in [5.74, 6) is -2.78. The Kier molecular flexibility index (Phi) is 5.08. The van der Waals surface area contributed by atoms with Crippen LogP contribution in [0.4, 0.5) is 28.0 Å². The zero-order valence-electron chi connectivity index (χ0n) is 14.3. The summed E-state index contributed by atoms with van der Waals surface area (Å²) in [5.41, 5.74) is -1.51. The first-order valence-corrected chi connectivity index (χ1v) is 8.16. The summed E-state index contributed by atoms with van der Waals surface area (Å²) in [6.07, 6.45) is -4.68. The fraction of sp³-hybridized carbons (Fsp3) is 0.158. The van der Waals surface area contributed by atoms with Gasteiger partial charge in [-0.25, -0.2) is 9.18 Å². The van der Waals surface area contributed by atoms with Crippen molar-refractivity contribution < 1.29 is 27.2 Å². The minimum Gasteiger partial charge on any atom is -0.330 e. The Labute approximate surface area is 157 Å². The molecule has 1 saturated heterocycles. The molecule has 0 aliphatic carbocycles. The van der Waals surface area contributed by atoms with Crippen molar-refractivity contribution in [2.24, 2.45) is 5.92 Å². The molecule has 0 spiro atoms. The molecule has 2 aromatic rings. The largest absolute Gasteiger partial charge is 0.418 e. The van der Waals surface area contributed by atoms with Gasteiger partial charge in [0.1, 0.15) is 11.7 Å². The minimum atomic E-state index is -4.68. The summed E-state index contributed by atoms with van der Waals surface area (Å²) in [4.78, 5) is 24.6. The maximum atomic E-state index is 14.2. The van der Waals surface area contributed by atoms with Gasteiger partial charge >= 0.3 is 12.2 Å². The maximum absolute atomic E-state index is 14.2. The van der Waals surface area contributed by atoms with Gasteiger partial charge < -0.3 is 16.0 Å². The molecule has 28 heavy (non-hydrogen) atoms. The van der Waals surface area contributed by atoms with Gasteiger partial charge in [-0.2, -0.15) is 13.2 Å². The Bertz CT molecular complexity index is 943. The van der Waals surface area contributed by atoms with Crippen LogP contribution in [-0.4, -0.2) is 11.9 Å². The van der Waals surface area contributed by atoms with Crippen molar-refractivity contribution in [3.05, 3.63) is 77.8 Å². The third kappa shape index (κ3) is 3.83. The summed E-state index contributed by atoms with van der Waals surface area (Å²) in [7, 11) is 0. The highest BCUT2D eigenvalue weighted by Gasteiger charge is 2.40. The second kappa shape index (κ2) is 7.34. The highest BCUT2D eigenvalue weighted by molar-refractivity contribution is 5.97. The molecule has 0 saturated carbocycles. The summed E-state index contributed by atoms with van der Waals surface area (Å²) in [6, 6.07) is 8.13. The molecule has 3 N–H and O–H groups in total. The van der Waals surface area contributed by atoms with E-state index in [0.717, 1.165) is 18.2 Å². The molecule has 2 aromatic carbocycles. The van der Waals surface area contributed by atoms with E-state index < -0.39 is 47.1 Å². The molecular formula is C19H15F4N3O2. The van der Waals surface area contributed by atoms with Gasteiger partial charge in [0.15, 0.2) is 0 Å². The van der Waals surface area contributed by atoms with E-state index in [1.165, 1.54) is 30.3 Å². The average Bonchev–Trinajstić information content (AvgIpc) is 2.61. The van der Waals surface area contributed by atoms with Crippen LogP contribution in [0.3, 0.4) is 0 Å². The monoisotopic (exact) mass is 393 g/mol. The third-order valence-corrected chi connectivity index (χ3v) is 4.28. The van der Waals surface area contributed by atoms with Gasteiger partial charge in [0, 0.05) is 11.3 Å². The minimum absolute atomic E-state index is 0.0164. The molecule has 0 unspecified atom stereocenters. The lowest BCUT2D eigenvalue weighted by atomic mass is 9.88. The van der Waals surface area contributed by atoms with E-state index in [4.69, 9.17) is 0 Å². The molecule has 9 heteroatoms. The third-order valence-electron chi connectivity index (χ3n) is 4.28. The van der Waals surface area contributed by atoms with Gasteiger partial charge in [-0.05, 0) is 18.2 Å². The van der Waals surface area contributed by atoms with E-state index in [-0.39, 0.29) is 11.3 Å². The number of rotatable bonds is 3. The number of anilines is 1. The molecule has 1 aliphatic heterocycles. The van der Waals surface area contributed by atoms with Gasteiger partial charge in [0.2, 0.25) is 5.91 Å². The lowest BCUT2D eigenvalue weighted by Gasteiger charge is -2.34. The summed E-state index contributed by atoms with van der Waals surface area (Å²) >= 11 is 0. The summed E-state index contributed by atoms with van der Waals surface area (Å²) in [5, 5.41) is 6.96. The van der Waals surface area contributed by atoms with Gasteiger partial charge in [-0.15, -0.1) is 0 Å². The molecule has 0 radical (unpaired) electrons. The van der Waals surface area contributed by atoms with Gasteiger partial charge in [0.05, 0.1) is 17.3 Å². The number of halogens is 4. The van der Waals surface area contributed by atoms with Crippen LogP contribution in [0, 0.1) is 11.7 Å². The number of alkyl halides is 3. The van der Waals surface area contributed by atoms with Crippen LogP contribution in [0.15, 0.2) is 60.8 Å². The van der Waals surface area contributed by atoms with Crippen LogP contribution in [0.2, 0.25) is 0 Å². The SMILES string of the molecule is C=C1NC(=O)N[C@@H](c2ccccc2F)[C@H]1C(=O)Nc1ccccc1C(F)(F)F.